The molecule has 0 bridgehead atoms. The first-order chi connectivity index (χ1) is 19.6. The Hall–Kier alpha value is -2.35. The van der Waals surface area contributed by atoms with Crippen LogP contribution in [0.15, 0.2) is 24.3 Å². The Morgan fingerprint density at radius 1 is 0.700 bits per heavy atom. The minimum Gasteiger partial charge on any atom is -0.491 e. The van der Waals surface area contributed by atoms with Gasteiger partial charge in [0, 0.05) is 12.1 Å². The number of ether oxygens (including phenoxy) is 8. The molecule has 0 amide bonds. The van der Waals surface area contributed by atoms with E-state index in [0.717, 1.165) is 25.7 Å². The maximum Gasteiger partial charge on any atom is 0.308 e. The largest absolute Gasteiger partial charge is 0.491 e. The zero-order valence-electron chi connectivity index (χ0n) is 24.1. The highest BCUT2D eigenvalue weighted by Gasteiger charge is 2.16. The predicted molar refractivity (Wildman–Crippen MR) is 148 cm³/mol. The van der Waals surface area contributed by atoms with E-state index in [9.17, 15) is 14.9 Å². The highest BCUT2D eigenvalue weighted by atomic mass is 16.6. The first-order valence-corrected chi connectivity index (χ1v) is 14.1. The minimum atomic E-state index is -0.453. The van der Waals surface area contributed by atoms with Gasteiger partial charge in [0.15, 0.2) is 0 Å². The first kappa shape index (κ1) is 35.7. The summed E-state index contributed by atoms with van der Waals surface area (Å²) in [4.78, 5) is 22.1. The normalized spacial score (nSPS) is 11.8. The molecule has 40 heavy (non-hydrogen) atoms. The van der Waals surface area contributed by atoms with Gasteiger partial charge in [0.25, 0.3) is 5.69 Å². The van der Waals surface area contributed by atoms with Gasteiger partial charge in [-0.3, -0.25) is 14.9 Å². The lowest BCUT2D eigenvalue weighted by Gasteiger charge is -2.13. The average Bonchev–Trinajstić information content (AvgIpc) is 2.96. The summed E-state index contributed by atoms with van der Waals surface area (Å²) in [5.41, 5.74) is 0.0250. The van der Waals surface area contributed by atoms with Crippen LogP contribution in [0.5, 0.6) is 5.75 Å². The molecule has 0 N–H and O–H groups in total. The second kappa shape index (κ2) is 25.6. The second-order valence-corrected chi connectivity index (χ2v) is 8.69. The summed E-state index contributed by atoms with van der Waals surface area (Å²) in [6.45, 7) is 10.1. The SMILES string of the molecule is CCCCC(CC)C(=O)OCCOCCOCCOCCOCCOCCOCCOc1ccc([N+](=O)[O-])cc1. The lowest BCUT2D eigenvalue weighted by atomic mass is 10.00. The van der Waals surface area contributed by atoms with E-state index < -0.39 is 4.92 Å². The van der Waals surface area contributed by atoms with Gasteiger partial charge in [0.2, 0.25) is 0 Å². The molecule has 0 radical (unpaired) electrons. The topological polar surface area (TPSA) is 134 Å². The number of hydrogen-bond donors (Lipinski definition) is 0. The molecule has 0 aromatic heterocycles. The number of nitro benzene ring substituents is 1. The molecule has 0 heterocycles. The molecule has 1 unspecified atom stereocenters. The molecule has 0 aliphatic rings. The van der Waals surface area contributed by atoms with Crippen molar-refractivity contribution in [1.82, 2.24) is 0 Å². The average molecular weight is 574 g/mol. The van der Waals surface area contributed by atoms with E-state index in [-0.39, 0.29) is 24.2 Å². The molecule has 0 spiro atoms. The van der Waals surface area contributed by atoms with Gasteiger partial charge in [0.1, 0.15) is 19.0 Å². The van der Waals surface area contributed by atoms with Crippen LogP contribution in [0.4, 0.5) is 5.69 Å². The van der Waals surface area contributed by atoms with Gasteiger partial charge >= 0.3 is 5.97 Å². The summed E-state index contributed by atoms with van der Waals surface area (Å²) in [6.07, 6.45) is 3.81. The Balaban J connectivity index is 1.75. The zero-order chi connectivity index (χ0) is 29.1. The minimum absolute atomic E-state index is 0.00923. The van der Waals surface area contributed by atoms with Crippen LogP contribution in [-0.4, -0.2) is 103 Å². The molecule has 0 aliphatic carbocycles. The Kier molecular flexibility index (Phi) is 22.8. The number of hydrogen-bond acceptors (Lipinski definition) is 11. The fraction of sp³-hybridized carbons (Fsp3) is 0.750. The number of nitro groups is 1. The number of benzene rings is 1. The third kappa shape index (κ3) is 19.7. The number of carbonyl (C=O) groups is 1. The number of unbranched alkanes of at least 4 members (excludes halogenated alkanes) is 1. The van der Waals surface area contributed by atoms with Crippen LogP contribution in [0.3, 0.4) is 0 Å². The second-order valence-electron chi connectivity index (χ2n) is 8.69. The van der Waals surface area contributed by atoms with E-state index in [4.69, 9.17) is 37.9 Å². The van der Waals surface area contributed by atoms with Crippen LogP contribution in [-0.2, 0) is 38.0 Å². The highest BCUT2D eigenvalue weighted by molar-refractivity contribution is 5.72. The number of esters is 1. The van der Waals surface area contributed by atoms with Gasteiger partial charge < -0.3 is 37.9 Å². The number of carbonyl (C=O) groups excluding carboxylic acids is 1. The smallest absolute Gasteiger partial charge is 0.308 e. The van der Waals surface area contributed by atoms with Crippen molar-refractivity contribution >= 4 is 11.7 Å². The molecular weight excluding hydrogens is 526 g/mol. The van der Waals surface area contributed by atoms with Crippen LogP contribution in [0.1, 0.15) is 39.5 Å². The molecule has 0 fully saturated rings. The van der Waals surface area contributed by atoms with Crippen molar-refractivity contribution in [2.45, 2.75) is 39.5 Å². The Labute approximate surface area is 237 Å². The molecule has 12 nitrogen and oxygen atoms in total. The highest BCUT2D eigenvalue weighted by Crippen LogP contribution is 2.17. The van der Waals surface area contributed by atoms with Gasteiger partial charge in [-0.2, -0.15) is 0 Å². The van der Waals surface area contributed by atoms with Crippen LogP contribution in [0, 0.1) is 16.0 Å². The maximum absolute atomic E-state index is 12.0. The van der Waals surface area contributed by atoms with E-state index in [1.165, 1.54) is 12.1 Å². The fourth-order valence-corrected chi connectivity index (χ4v) is 3.34. The van der Waals surface area contributed by atoms with Gasteiger partial charge in [-0.15, -0.1) is 0 Å². The molecule has 0 saturated carbocycles. The fourth-order valence-electron chi connectivity index (χ4n) is 3.34. The summed E-state index contributed by atoms with van der Waals surface area (Å²) in [7, 11) is 0. The summed E-state index contributed by atoms with van der Waals surface area (Å²) in [5, 5.41) is 10.6. The molecule has 0 aliphatic heterocycles. The monoisotopic (exact) mass is 573 g/mol. The van der Waals surface area contributed by atoms with Crippen molar-refractivity contribution in [1.29, 1.82) is 0 Å². The summed E-state index contributed by atoms with van der Waals surface area (Å²) in [6, 6.07) is 5.90. The number of rotatable bonds is 28. The van der Waals surface area contributed by atoms with E-state index in [1.807, 2.05) is 6.92 Å². The van der Waals surface area contributed by atoms with E-state index in [2.05, 4.69) is 6.92 Å². The van der Waals surface area contributed by atoms with Gasteiger partial charge in [-0.05, 0) is 25.0 Å². The molecule has 0 saturated heterocycles. The Morgan fingerprint density at radius 2 is 1.12 bits per heavy atom. The lowest BCUT2D eigenvalue weighted by Crippen LogP contribution is -2.20. The lowest BCUT2D eigenvalue weighted by molar-refractivity contribution is -0.384. The van der Waals surface area contributed by atoms with Crippen molar-refractivity contribution in [3.8, 4) is 5.75 Å². The number of non-ortho nitro benzene ring substituents is 1. The quantitative estimate of drug-likeness (QED) is 0.0626. The summed E-state index contributed by atoms with van der Waals surface area (Å²) < 4.78 is 43.3. The molecule has 12 heteroatoms. The predicted octanol–water partition coefficient (Wildman–Crippen LogP) is 3.83. The Bertz CT molecular complexity index is 748. The molecule has 1 aromatic rings. The zero-order valence-corrected chi connectivity index (χ0v) is 24.1. The van der Waals surface area contributed by atoms with Gasteiger partial charge in [-0.1, -0.05) is 26.7 Å². The van der Waals surface area contributed by atoms with Crippen molar-refractivity contribution in [3.05, 3.63) is 34.4 Å². The van der Waals surface area contributed by atoms with Crippen LogP contribution < -0.4 is 4.74 Å². The van der Waals surface area contributed by atoms with Crippen molar-refractivity contribution in [2.75, 3.05) is 92.5 Å². The first-order valence-electron chi connectivity index (χ1n) is 14.1. The third-order valence-electron chi connectivity index (χ3n) is 5.61. The van der Waals surface area contributed by atoms with Gasteiger partial charge in [-0.25, -0.2) is 0 Å². The Morgan fingerprint density at radius 3 is 1.52 bits per heavy atom. The van der Waals surface area contributed by atoms with E-state index in [0.29, 0.717) is 91.6 Å². The van der Waals surface area contributed by atoms with Crippen LogP contribution >= 0.6 is 0 Å². The summed E-state index contributed by atoms with van der Waals surface area (Å²) in [5.74, 6) is 0.418. The summed E-state index contributed by atoms with van der Waals surface area (Å²) >= 11 is 0. The molecule has 1 atom stereocenters. The van der Waals surface area contributed by atoms with Gasteiger partial charge in [0.05, 0.1) is 90.1 Å². The maximum atomic E-state index is 12.0. The van der Waals surface area contributed by atoms with Crippen molar-refractivity contribution < 1.29 is 47.6 Å². The molecule has 230 valence electrons. The van der Waals surface area contributed by atoms with Crippen molar-refractivity contribution in [3.63, 3.8) is 0 Å². The standard InChI is InChI=1S/C28H47NO11/c1-3-5-6-25(4-2)28(30)40-24-22-38-20-18-36-16-14-34-12-11-33-13-15-35-17-19-37-21-23-39-27-9-7-26(8-10-27)29(31)32/h7-10,25H,3-6,11-24H2,1-2H3. The number of nitrogens with zero attached hydrogens (tertiary/aromatic N) is 1. The molecule has 1 aromatic carbocycles. The van der Waals surface area contributed by atoms with E-state index >= 15 is 0 Å². The van der Waals surface area contributed by atoms with E-state index in [1.54, 1.807) is 12.1 Å². The molecular formula is C28H47NO11. The molecule has 1 rings (SSSR count). The van der Waals surface area contributed by atoms with Crippen molar-refractivity contribution in [2.24, 2.45) is 5.92 Å². The van der Waals surface area contributed by atoms with Crippen LogP contribution in [0.2, 0.25) is 0 Å². The van der Waals surface area contributed by atoms with Crippen LogP contribution in [0.25, 0.3) is 0 Å². The third-order valence-corrected chi connectivity index (χ3v) is 5.61.